The number of nitrogens with one attached hydrogen (secondary N) is 3. The van der Waals surface area contributed by atoms with Crippen LogP contribution in [-0.2, 0) is 22.7 Å². The average molecular weight is 534 g/mol. The average Bonchev–Trinajstić information content (AvgIpc) is 2.91. The van der Waals surface area contributed by atoms with E-state index in [0.717, 1.165) is 22.5 Å². The van der Waals surface area contributed by atoms with E-state index in [1.165, 1.54) is 18.5 Å². The topological polar surface area (TPSA) is 105 Å². The smallest absolute Gasteiger partial charge is 0.243 e. The summed E-state index contributed by atoms with van der Waals surface area (Å²) in [5.74, 6) is 0.204. The molecule has 0 unspecified atom stereocenters. The molecule has 1 heterocycles. The second kappa shape index (κ2) is 12.6. The van der Waals surface area contributed by atoms with Crippen LogP contribution < -0.4 is 20.7 Å². The van der Waals surface area contributed by atoms with Crippen LogP contribution in [0.3, 0.4) is 0 Å². The maximum absolute atomic E-state index is 13.4. The van der Waals surface area contributed by atoms with E-state index in [1.807, 2.05) is 18.2 Å². The lowest BCUT2D eigenvalue weighted by molar-refractivity contribution is -0.121. The van der Waals surface area contributed by atoms with Crippen molar-refractivity contribution in [2.75, 3.05) is 11.9 Å². The molecule has 3 aromatic carbocycles. The molecular weight excluding hydrogens is 509 g/mol. The van der Waals surface area contributed by atoms with E-state index in [0.29, 0.717) is 34.4 Å². The minimum Gasteiger partial charge on any atom is -0.487 e. The Morgan fingerprint density at radius 1 is 1.03 bits per heavy atom. The number of fused-ring (bicyclic) bond motifs is 1. The molecule has 0 fully saturated rings. The summed E-state index contributed by atoms with van der Waals surface area (Å²) in [6.07, 6.45) is 2.78. The van der Waals surface area contributed by atoms with Crippen LogP contribution in [0, 0.1) is 5.82 Å². The zero-order chi connectivity index (χ0) is 26.9. The molecule has 10 heteroatoms. The number of amides is 2. The van der Waals surface area contributed by atoms with Crippen LogP contribution in [0.4, 0.5) is 15.9 Å². The molecule has 194 valence electrons. The van der Waals surface area contributed by atoms with Crippen molar-refractivity contribution in [3.8, 4) is 5.75 Å². The predicted octanol–water partition coefficient (Wildman–Crippen LogP) is 5.05. The first-order chi connectivity index (χ1) is 18.4. The zero-order valence-corrected chi connectivity index (χ0v) is 21.1. The summed E-state index contributed by atoms with van der Waals surface area (Å²) in [6.45, 7) is 4.09. The zero-order valence-electron chi connectivity index (χ0n) is 20.3. The maximum Gasteiger partial charge on any atom is 0.243 e. The first-order valence-corrected chi connectivity index (χ1v) is 12.1. The SMILES string of the molecule is C=CC(=O)NCCC(=O)NCc1ccc2ncnc(Nc3ccc(OCc4cccc(F)c4)c(Cl)c3)c2c1. The first kappa shape index (κ1) is 26.6. The Bertz CT molecular complexity index is 1480. The number of hydrogen-bond donors (Lipinski definition) is 3. The lowest BCUT2D eigenvalue weighted by atomic mass is 10.1. The van der Waals surface area contributed by atoms with Gasteiger partial charge >= 0.3 is 0 Å². The number of anilines is 2. The van der Waals surface area contributed by atoms with Crippen LogP contribution in [0.5, 0.6) is 5.75 Å². The van der Waals surface area contributed by atoms with E-state index in [9.17, 15) is 14.0 Å². The van der Waals surface area contributed by atoms with E-state index in [1.54, 1.807) is 30.3 Å². The van der Waals surface area contributed by atoms with Gasteiger partial charge < -0.3 is 20.7 Å². The van der Waals surface area contributed by atoms with E-state index in [-0.39, 0.29) is 37.2 Å². The van der Waals surface area contributed by atoms with Crippen LogP contribution in [0.25, 0.3) is 10.9 Å². The third kappa shape index (κ3) is 7.27. The van der Waals surface area contributed by atoms with E-state index in [2.05, 4.69) is 32.5 Å². The largest absolute Gasteiger partial charge is 0.487 e. The van der Waals surface area contributed by atoms with Crippen molar-refractivity contribution in [3.63, 3.8) is 0 Å². The molecule has 2 amide bonds. The summed E-state index contributed by atoms with van der Waals surface area (Å²) in [4.78, 5) is 32.0. The molecule has 0 aliphatic rings. The number of benzene rings is 3. The third-order valence-corrected chi connectivity index (χ3v) is 5.80. The molecule has 0 aliphatic carbocycles. The maximum atomic E-state index is 13.4. The standard InChI is InChI=1S/C28H25ClFN5O3/c1-2-26(36)31-11-10-27(37)32-15-18-6-8-24-22(13-18)28(34-17-33-24)35-21-7-9-25(23(29)14-21)38-16-19-4-3-5-20(30)12-19/h2-9,12-14,17H,1,10-11,15-16H2,(H,31,36)(H,32,37)(H,33,34,35). The summed E-state index contributed by atoms with van der Waals surface area (Å²) in [6, 6.07) is 17.1. The number of carbonyl (C=O) groups excluding carboxylic acids is 2. The van der Waals surface area contributed by atoms with Gasteiger partial charge in [0.05, 0.1) is 10.5 Å². The molecule has 3 N–H and O–H groups in total. The monoisotopic (exact) mass is 533 g/mol. The van der Waals surface area contributed by atoms with E-state index >= 15 is 0 Å². The highest BCUT2D eigenvalue weighted by Crippen LogP contribution is 2.31. The molecule has 38 heavy (non-hydrogen) atoms. The highest BCUT2D eigenvalue weighted by Gasteiger charge is 2.10. The number of rotatable bonds is 11. The molecule has 0 atom stereocenters. The lowest BCUT2D eigenvalue weighted by Gasteiger charge is -2.13. The van der Waals surface area contributed by atoms with Gasteiger partial charge in [-0.25, -0.2) is 14.4 Å². The van der Waals surface area contributed by atoms with Crippen LogP contribution in [0.1, 0.15) is 17.5 Å². The van der Waals surface area contributed by atoms with Crippen LogP contribution in [0.2, 0.25) is 5.02 Å². The van der Waals surface area contributed by atoms with Crippen LogP contribution >= 0.6 is 11.6 Å². The molecule has 1 aromatic heterocycles. The number of aromatic nitrogens is 2. The van der Waals surface area contributed by atoms with Gasteiger partial charge in [0.25, 0.3) is 0 Å². The minimum absolute atomic E-state index is 0.159. The first-order valence-electron chi connectivity index (χ1n) is 11.8. The Balaban J connectivity index is 1.40. The van der Waals surface area contributed by atoms with Crippen LogP contribution in [-0.4, -0.2) is 28.3 Å². The van der Waals surface area contributed by atoms with Crippen molar-refractivity contribution < 1.29 is 18.7 Å². The Hall–Kier alpha value is -4.50. The number of hydrogen-bond acceptors (Lipinski definition) is 6. The van der Waals surface area contributed by atoms with Crippen molar-refractivity contribution in [2.24, 2.45) is 0 Å². The predicted molar refractivity (Wildman–Crippen MR) is 145 cm³/mol. The number of nitrogens with zero attached hydrogens (tertiary/aromatic N) is 2. The number of ether oxygens (including phenoxy) is 1. The molecule has 0 radical (unpaired) electrons. The fourth-order valence-corrected chi connectivity index (χ4v) is 3.83. The van der Waals surface area contributed by atoms with Gasteiger partial charge in [-0.15, -0.1) is 0 Å². The highest BCUT2D eigenvalue weighted by molar-refractivity contribution is 6.32. The fraction of sp³-hybridized carbons (Fsp3) is 0.143. The van der Waals surface area contributed by atoms with Gasteiger partial charge in [-0.1, -0.05) is 36.4 Å². The molecule has 0 saturated heterocycles. The Kier molecular flexibility index (Phi) is 8.84. The lowest BCUT2D eigenvalue weighted by Crippen LogP contribution is -2.29. The Morgan fingerprint density at radius 3 is 2.68 bits per heavy atom. The molecule has 0 bridgehead atoms. The van der Waals surface area contributed by atoms with Gasteiger partial charge in [-0.3, -0.25) is 9.59 Å². The summed E-state index contributed by atoms with van der Waals surface area (Å²) in [5, 5.41) is 9.81. The summed E-state index contributed by atoms with van der Waals surface area (Å²) < 4.78 is 19.1. The highest BCUT2D eigenvalue weighted by atomic mass is 35.5. The van der Waals surface area contributed by atoms with Gasteiger partial charge in [0.1, 0.15) is 30.3 Å². The van der Waals surface area contributed by atoms with Crippen molar-refractivity contribution >= 4 is 45.8 Å². The van der Waals surface area contributed by atoms with Gasteiger partial charge in [0, 0.05) is 30.6 Å². The molecule has 4 aromatic rings. The van der Waals surface area contributed by atoms with Gasteiger partial charge in [-0.2, -0.15) is 0 Å². The summed E-state index contributed by atoms with van der Waals surface area (Å²) in [5.41, 5.74) is 2.97. The second-order valence-electron chi connectivity index (χ2n) is 8.28. The fourth-order valence-electron chi connectivity index (χ4n) is 3.59. The van der Waals surface area contributed by atoms with Gasteiger partial charge in [-0.05, 0) is 59.7 Å². The molecule has 0 saturated carbocycles. The summed E-state index contributed by atoms with van der Waals surface area (Å²) >= 11 is 6.43. The molecule has 8 nitrogen and oxygen atoms in total. The van der Waals surface area contributed by atoms with E-state index < -0.39 is 0 Å². The van der Waals surface area contributed by atoms with Crippen molar-refractivity contribution in [3.05, 3.63) is 102 Å². The van der Waals surface area contributed by atoms with Crippen molar-refractivity contribution in [2.45, 2.75) is 19.6 Å². The molecular formula is C28H25ClFN5O3. The normalized spacial score (nSPS) is 10.6. The summed E-state index contributed by atoms with van der Waals surface area (Å²) in [7, 11) is 0. The van der Waals surface area contributed by atoms with E-state index in [4.69, 9.17) is 16.3 Å². The Morgan fingerprint density at radius 2 is 1.89 bits per heavy atom. The number of carbonyl (C=O) groups is 2. The minimum atomic E-state index is -0.325. The molecule has 0 aliphatic heterocycles. The number of halogens is 2. The molecule has 4 rings (SSSR count). The second-order valence-corrected chi connectivity index (χ2v) is 8.69. The molecule has 0 spiro atoms. The van der Waals surface area contributed by atoms with Gasteiger partial charge in [0.2, 0.25) is 11.8 Å². The van der Waals surface area contributed by atoms with Crippen molar-refractivity contribution in [1.82, 2.24) is 20.6 Å². The van der Waals surface area contributed by atoms with Crippen LogP contribution in [0.15, 0.2) is 79.6 Å². The third-order valence-electron chi connectivity index (χ3n) is 5.50. The Labute approximate surface area is 223 Å². The van der Waals surface area contributed by atoms with Gasteiger partial charge in [0.15, 0.2) is 0 Å². The van der Waals surface area contributed by atoms with Crippen molar-refractivity contribution in [1.29, 1.82) is 0 Å². The quantitative estimate of drug-likeness (QED) is 0.233.